The molecule has 1 aromatic heterocycles. The molecule has 0 atom stereocenters. The van der Waals surface area contributed by atoms with Crippen LogP contribution in [-0.4, -0.2) is 11.5 Å². The third-order valence-electron chi connectivity index (χ3n) is 2.39. The third-order valence-corrected chi connectivity index (χ3v) is 3.71. The SMILES string of the molecule is CC(C)(C)c1nc(CNCCCCC#N)cs1. The molecule has 0 unspecified atom stereocenters. The maximum atomic E-state index is 8.40. The summed E-state index contributed by atoms with van der Waals surface area (Å²) in [6.45, 7) is 8.35. The standard InChI is InChI=1S/C13H21N3S/c1-13(2,3)12-16-11(10-17-12)9-15-8-6-4-5-7-14/h10,15H,4-6,8-9H2,1-3H3. The lowest BCUT2D eigenvalue weighted by molar-refractivity contribution is 0.577. The van der Waals surface area contributed by atoms with E-state index in [2.05, 4.69) is 42.5 Å². The van der Waals surface area contributed by atoms with Gasteiger partial charge in [-0.05, 0) is 19.4 Å². The highest BCUT2D eigenvalue weighted by Gasteiger charge is 2.17. The number of thiazole rings is 1. The molecule has 0 amide bonds. The minimum absolute atomic E-state index is 0.149. The van der Waals surface area contributed by atoms with Crippen molar-refractivity contribution in [1.82, 2.24) is 10.3 Å². The fraction of sp³-hybridized carbons (Fsp3) is 0.692. The van der Waals surface area contributed by atoms with Gasteiger partial charge < -0.3 is 5.32 Å². The smallest absolute Gasteiger partial charge is 0.0982 e. The number of hydrogen-bond donors (Lipinski definition) is 1. The number of nitrogens with one attached hydrogen (secondary N) is 1. The van der Waals surface area contributed by atoms with Crippen LogP contribution in [0.15, 0.2) is 5.38 Å². The van der Waals surface area contributed by atoms with Gasteiger partial charge in [-0.2, -0.15) is 5.26 Å². The van der Waals surface area contributed by atoms with Crippen molar-refractivity contribution < 1.29 is 0 Å². The van der Waals surface area contributed by atoms with Crippen LogP contribution in [0.3, 0.4) is 0 Å². The zero-order chi connectivity index (χ0) is 12.7. The Labute approximate surface area is 108 Å². The van der Waals surface area contributed by atoms with Crippen LogP contribution < -0.4 is 5.32 Å². The number of rotatable bonds is 6. The first-order valence-electron chi connectivity index (χ1n) is 6.06. The van der Waals surface area contributed by atoms with Crippen LogP contribution >= 0.6 is 11.3 Å². The summed E-state index contributed by atoms with van der Waals surface area (Å²) >= 11 is 1.73. The highest BCUT2D eigenvalue weighted by atomic mass is 32.1. The average Bonchev–Trinajstić information content (AvgIpc) is 2.71. The Kier molecular flexibility index (Phi) is 5.60. The van der Waals surface area contributed by atoms with E-state index in [1.165, 1.54) is 5.01 Å². The van der Waals surface area contributed by atoms with Crippen molar-refractivity contribution in [2.75, 3.05) is 6.54 Å². The third kappa shape index (κ3) is 5.29. The van der Waals surface area contributed by atoms with Crippen molar-refractivity contribution >= 4 is 11.3 Å². The Morgan fingerprint density at radius 3 is 2.76 bits per heavy atom. The van der Waals surface area contributed by atoms with Crippen molar-refractivity contribution in [3.05, 3.63) is 16.1 Å². The topological polar surface area (TPSA) is 48.7 Å². The second-order valence-electron chi connectivity index (χ2n) is 5.19. The largest absolute Gasteiger partial charge is 0.311 e. The second-order valence-corrected chi connectivity index (χ2v) is 6.04. The molecular weight excluding hydrogens is 230 g/mol. The predicted octanol–water partition coefficient (Wildman–Crippen LogP) is 3.22. The van der Waals surface area contributed by atoms with E-state index < -0.39 is 0 Å². The Bertz CT molecular complexity index is 371. The summed E-state index contributed by atoms with van der Waals surface area (Å²) in [5.74, 6) is 0. The Hall–Kier alpha value is -0.920. The van der Waals surface area contributed by atoms with Gasteiger partial charge >= 0.3 is 0 Å². The van der Waals surface area contributed by atoms with Gasteiger partial charge in [0.2, 0.25) is 0 Å². The summed E-state index contributed by atoms with van der Waals surface area (Å²) in [5, 5.41) is 15.1. The number of nitriles is 1. The molecule has 94 valence electrons. The molecule has 0 aliphatic carbocycles. The molecule has 1 aromatic rings. The predicted molar refractivity (Wildman–Crippen MR) is 72.0 cm³/mol. The van der Waals surface area contributed by atoms with Crippen molar-refractivity contribution in [3.8, 4) is 6.07 Å². The van der Waals surface area contributed by atoms with Gasteiger partial charge in [0.1, 0.15) is 0 Å². The van der Waals surface area contributed by atoms with Crippen LogP contribution in [0, 0.1) is 11.3 Å². The van der Waals surface area contributed by atoms with E-state index >= 15 is 0 Å². The summed E-state index contributed by atoms with van der Waals surface area (Å²) < 4.78 is 0. The number of unbranched alkanes of at least 4 members (excludes halogenated alkanes) is 2. The maximum Gasteiger partial charge on any atom is 0.0982 e. The van der Waals surface area contributed by atoms with Crippen molar-refractivity contribution in [1.29, 1.82) is 5.26 Å². The fourth-order valence-electron chi connectivity index (χ4n) is 1.40. The van der Waals surface area contributed by atoms with E-state index in [1.54, 1.807) is 11.3 Å². The molecule has 0 spiro atoms. The Morgan fingerprint density at radius 1 is 1.41 bits per heavy atom. The molecule has 0 saturated heterocycles. The first kappa shape index (κ1) is 14.1. The zero-order valence-electron chi connectivity index (χ0n) is 10.9. The second kappa shape index (κ2) is 6.73. The van der Waals surface area contributed by atoms with E-state index in [1.807, 2.05) is 0 Å². The van der Waals surface area contributed by atoms with Crippen LogP contribution in [0.2, 0.25) is 0 Å². The van der Waals surface area contributed by atoms with E-state index in [4.69, 9.17) is 5.26 Å². The molecule has 0 aliphatic heterocycles. The lowest BCUT2D eigenvalue weighted by Gasteiger charge is -2.13. The fourth-order valence-corrected chi connectivity index (χ4v) is 2.31. The molecule has 0 saturated carbocycles. The van der Waals surface area contributed by atoms with Gasteiger partial charge in [0.15, 0.2) is 0 Å². The molecule has 0 aliphatic rings. The van der Waals surface area contributed by atoms with Crippen LogP contribution in [0.5, 0.6) is 0 Å². The summed E-state index contributed by atoms with van der Waals surface area (Å²) in [5.41, 5.74) is 1.27. The van der Waals surface area contributed by atoms with Crippen molar-refractivity contribution in [3.63, 3.8) is 0 Å². The van der Waals surface area contributed by atoms with Gasteiger partial charge in [-0.15, -0.1) is 11.3 Å². The van der Waals surface area contributed by atoms with Gasteiger partial charge in [0, 0.05) is 23.8 Å². The molecule has 1 N–H and O–H groups in total. The normalized spacial score (nSPS) is 11.4. The molecule has 1 rings (SSSR count). The van der Waals surface area contributed by atoms with Gasteiger partial charge in [-0.1, -0.05) is 20.8 Å². The Morgan fingerprint density at radius 2 is 2.18 bits per heavy atom. The number of hydrogen-bond acceptors (Lipinski definition) is 4. The molecule has 0 radical (unpaired) electrons. The molecular formula is C13H21N3S. The number of nitrogens with zero attached hydrogens (tertiary/aromatic N) is 2. The lowest BCUT2D eigenvalue weighted by Crippen LogP contribution is -2.16. The molecule has 4 heteroatoms. The summed E-state index contributed by atoms with van der Waals surface area (Å²) in [6, 6.07) is 2.16. The Balaban J connectivity index is 2.24. The molecule has 0 bridgehead atoms. The molecule has 3 nitrogen and oxygen atoms in total. The minimum atomic E-state index is 0.149. The first-order chi connectivity index (χ1) is 8.04. The monoisotopic (exact) mass is 251 g/mol. The molecule has 0 fully saturated rings. The molecule has 0 aromatic carbocycles. The lowest BCUT2D eigenvalue weighted by atomic mass is 9.98. The minimum Gasteiger partial charge on any atom is -0.311 e. The zero-order valence-corrected chi connectivity index (χ0v) is 11.7. The highest BCUT2D eigenvalue weighted by molar-refractivity contribution is 7.09. The van der Waals surface area contributed by atoms with E-state index in [0.717, 1.165) is 31.6 Å². The maximum absolute atomic E-state index is 8.40. The van der Waals surface area contributed by atoms with Crippen molar-refractivity contribution in [2.45, 2.75) is 52.0 Å². The van der Waals surface area contributed by atoms with E-state index in [9.17, 15) is 0 Å². The van der Waals surface area contributed by atoms with Gasteiger partial charge in [-0.3, -0.25) is 0 Å². The van der Waals surface area contributed by atoms with E-state index in [-0.39, 0.29) is 5.41 Å². The highest BCUT2D eigenvalue weighted by Crippen LogP contribution is 2.25. The first-order valence-corrected chi connectivity index (χ1v) is 6.94. The molecule has 1 heterocycles. The van der Waals surface area contributed by atoms with Crippen molar-refractivity contribution in [2.24, 2.45) is 0 Å². The van der Waals surface area contributed by atoms with Gasteiger partial charge in [0.05, 0.1) is 16.8 Å². The quantitative estimate of drug-likeness (QED) is 0.790. The summed E-state index contributed by atoms with van der Waals surface area (Å²) in [7, 11) is 0. The van der Waals surface area contributed by atoms with Gasteiger partial charge in [0.25, 0.3) is 0 Å². The molecule has 17 heavy (non-hydrogen) atoms. The summed E-state index contributed by atoms with van der Waals surface area (Å²) in [4.78, 5) is 4.62. The van der Waals surface area contributed by atoms with Crippen LogP contribution in [0.4, 0.5) is 0 Å². The average molecular weight is 251 g/mol. The van der Waals surface area contributed by atoms with Crippen LogP contribution in [0.25, 0.3) is 0 Å². The van der Waals surface area contributed by atoms with Gasteiger partial charge in [-0.25, -0.2) is 4.98 Å². The number of aromatic nitrogens is 1. The van der Waals surface area contributed by atoms with E-state index in [0.29, 0.717) is 6.42 Å². The van der Waals surface area contributed by atoms with Crippen LogP contribution in [0.1, 0.15) is 50.7 Å². The summed E-state index contributed by atoms with van der Waals surface area (Å²) in [6.07, 6.45) is 2.70. The van der Waals surface area contributed by atoms with Crippen LogP contribution in [-0.2, 0) is 12.0 Å².